The molecule has 2 aromatic rings. The highest BCUT2D eigenvalue weighted by atomic mass is 16.5. The van der Waals surface area contributed by atoms with Gasteiger partial charge < -0.3 is 19.5 Å². The molecule has 3 aliphatic heterocycles. The van der Waals surface area contributed by atoms with Crippen LogP contribution >= 0.6 is 0 Å². The maximum absolute atomic E-state index is 9.84. The topological polar surface area (TPSA) is 67.7 Å². The first-order valence-corrected chi connectivity index (χ1v) is 9.33. The van der Waals surface area contributed by atoms with Gasteiger partial charge in [0.2, 0.25) is 0 Å². The lowest BCUT2D eigenvalue weighted by molar-refractivity contribution is -0.0167. The van der Waals surface area contributed by atoms with E-state index >= 15 is 0 Å². The molecule has 1 aromatic carbocycles. The van der Waals surface area contributed by atoms with Crippen LogP contribution in [-0.4, -0.2) is 46.5 Å². The minimum atomic E-state index is -0.314. The standard InChI is InChI=1S/C20H23N3O3/c24-15-10-20(26-11-15)5-7-23(8-6-20)19-16-9-14-3-1-2-4-18(14)25-12-17(16)21-13-22-19/h1-4,13,15,24H,5-12H2/t15-/m0/s1. The van der Waals surface area contributed by atoms with Crippen molar-refractivity contribution in [3.63, 3.8) is 0 Å². The lowest BCUT2D eigenvalue weighted by Gasteiger charge is -2.39. The molecule has 5 rings (SSSR count). The highest BCUT2D eigenvalue weighted by Crippen LogP contribution is 2.38. The van der Waals surface area contributed by atoms with Crippen LogP contribution in [0.2, 0.25) is 0 Å². The predicted molar refractivity (Wildman–Crippen MR) is 96.4 cm³/mol. The van der Waals surface area contributed by atoms with Gasteiger partial charge in [0.05, 0.1) is 24.0 Å². The number of nitrogens with zero attached hydrogens (tertiary/aromatic N) is 3. The molecule has 26 heavy (non-hydrogen) atoms. The first-order valence-electron chi connectivity index (χ1n) is 9.33. The molecular weight excluding hydrogens is 330 g/mol. The maximum Gasteiger partial charge on any atom is 0.135 e. The van der Waals surface area contributed by atoms with Crippen LogP contribution in [-0.2, 0) is 17.8 Å². The van der Waals surface area contributed by atoms with Gasteiger partial charge in [0.15, 0.2) is 0 Å². The second-order valence-electron chi connectivity index (χ2n) is 7.53. The molecule has 3 aliphatic rings. The van der Waals surface area contributed by atoms with E-state index in [4.69, 9.17) is 9.47 Å². The van der Waals surface area contributed by atoms with Crippen molar-refractivity contribution < 1.29 is 14.6 Å². The Kier molecular flexibility index (Phi) is 3.83. The Labute approximate surface area is 152 Å². The highest BCUT2D eigenvalue weighted by molar-refractivity contribution is 5.53. The number of fused-ring (bicyclic) bond motifs is 2. The molecule has 1 N–H and O–H groups in total. The largest absolute Gasteiger partial charge is 0.487 e. The van der Waals surface area contributed by atoms with Crippen LogP contribution in [0, 0.1) is 0 Å². The zero-order valence-corrected chi connectivity index (χ0v) is 14.7. The van der Waals surface area contributed by atoms with Crippen molar-refractivity contribution in [2.24, 2.45) is 0 Å². The molecule has 1 spiro atoms. The van der Waals surface area contributed by atoms with Crippen LogP contribution in [0.4, 0.5) is 5.82 Å². The van der Waals surface area contributed by atoms with Crippen LogP contribution in [0.3, 0.4) is 0 Å². The third kappa shape index (κ3) is 2.73. The summed E-state index contributed by atoms with van der Waals surface area (Å²) in [5.41, 5.74) is 3.17. The van der Waals surface area contributed by atoms with Gasteiger partial charge in [-0.25, -0.2) is 9.97 Å². The van der Waals surface area contributed by atoms with Crippen molar-refractivity contribution in [2.75, 3.05) is 24.6 Å². The summed E-state index contributed by atoms with van der Waals surface area (Å²) in [5, 5.41) is 9.84. The van der Waals surface area contributed by atoms with Gasteiger partial charge >= 0.3 is 0 Å². The number of anilines is 1. The average Bonchev–Trinajstić information content (AvgIpc) is 2.91. The quantitative estimate of drug-likeness (QED) is 0.847. The third-order valence-electron chi connectivity index (χ3n) is 5.88. The normalized spacial score (nSPS) is 23.9. The summed E-state index contributed by atoms with van der Waals surface area (Å²) in [5.74, 6) is 1.95. The third-order valence-corrected chi connectivity index (χ3v) is 5.88. The summed E-state index contributed by atoms with van der Waals surface area (Å²) in [7, 11) is 0. The maximum atomic E-state index is 9.84. The Morgan fingerprint density at radius 1 is 1.15 bits per heavy atom. The fraction of sp³-hybridized carbons (Fsp3) is 0.500. The van der Waals surface area contributed by atoms with E-state index in [-0.39, 0.29) is 11.7 Å². The fourth-order valence-electron chi connectivity index (χ4n) is 4.44. The van der Waals surface area contributed by atoms with E-state index in [0.29, 0.717) is 13.2 Å². The van der Waals surface area contributed by atoms with E-state index < -0.39 is 0 Å². The van der Waals surface area contributed by atoms with Crippen molar-refractivity contribution >= 4 is 5.82 Å². The molecule has 0 radical (unpaired) electrons. The van der Waals surface area contributed by atoms with Crippen molar-refractivity contribution in [3.8, 4) is 5.75 Å². The number of ether oxygens (including phenoxy) is 2. The first kappa shape index (κ1) is 16.0. The van der Waals surface area contributed by atoms with Crippen molar-refractivity contribution in [3.05, 3.63) is 47.4 Å². The van der Waals surface area contributed by atoms with E-state index in [1.807, 2.05) is 18.2 Å². The first-order chi connectivity index (χ1) is 12.7. The minimum Gasteiger partial charge on any atom is -0.487 e. The van der Waals surface area contributed by atoms with Crippen molar-refractivity contribution in [1.29, 1.82) is 0 Å². The van der Waals surface area contributed by atoms with Crippen LogP contribution in [0.25, 0.3) is 0 Å². The summed E-state index contributed by atoms with van der Waals surface area (Å²) in [6.07, 6.45) is 4.73. The number of para-hydroxylation sites is 1. The van der Waals surface area contributed by atoms with Gasteiger partial charge in [-0.3, -0.25) is 0 Å². The van der Waals surface area contributed by atoms with Gasteiger partial charge in [-0.2, -0.15) is 0 Å². The Balaban J connectivity index is 1.42. The molecule has 6 heteroatoms. The Morgan fingerprint density at radius 3 is 2.81 bits per heavy atom. The number of aliphatic hydroxyl groups excluding tert-OH is 1. The zero-order chi connectivity index (χ0) is 17.6. The minimum absolute atomic E-state index is 0.143. The van der Waals surface area contributed by atoms with E-state index in [0.717, 1.165) is 56.0 Å². The van der Waals surface area contributed by atoms with Gasteiger partial charge in [-0.05, 0) is 24.5 Å². The summed E-state index contributed by atoms with van der Waals surface area (Å²) < 4.78 is 11.9. The zero-order valence-electron chi connectivity index (χ0n) is 14.7. The van der Waals surface area contributed by atoms with Crippen molar-refractivity contribution in [2.45, 2.75) is 44.0 Å². The molecule has 2 saturated heterocycles. The molecule has 0 unspecified atom stereocenters. The second kappa shape index (κ2) is 6.21. The number of aromatic nitrogens is 2. The van der Waals surface area contributed by atoms with E-state index in [9.17, 15) is 5.11 Å². The van der Waals surface area contributed by atoms with E-state index in [1.165, 1.54) is 11.1 Å². The number of aliphatic hydroxyl groups is 1. The molecule has 4 heterocycles. The fourth-order valence-corrected chi connectivity index (χ4v) is 4.44. The molecule has 136 valence electrons. The highest BCUT2D eigenvalue weighted by Gasteiger charge is 2.42. The van der Waals surface area contributed by atoms with E-state index in [1.54, 1.807) is 6.33 Å². The molecule has 1 aromatic heterocycles. The summed E-state index contributed by atoms with van der Waals surface area (Å²) in [4.78, 5) is 11.4. The molecule has 6 nitrogen and oxygen atoms in total. The number of hydrogen-bond acceptors (Lipinski definition) is 6. The van der Waals surface area contributed by atoms with Crippen LogP contribution in [0.1, 0.15) is 36.1 Å². The average molecular weight is 353 g/mol. The molecule has 0 aliphatic carbocycles. The van der Waals surface area contributed by atoms with Gasteiger partial charge in [0.25, 0.3) is 0 Å². The molecule has 0 amide bonds. The smallest absolute Gasteiger partial charge is 0.135 e. The van der Waals surface area contributed by atoms with Gasteiger partial charge in [-0.15, -0.1) is 0 Å². The SMILES string of the molecule is O[C@@H]1COC2(CCN(c3ncnc4c3Cc3ccccc3OC4)CC2)C1. The molecule has 1 atom stereocenters. The number of rotatable bonds is 1. The number of piperidine rings is 1. The van der Waals surface area contributed by atoms with Gasteiger partial charge in [0, 0.05) is 31.5 Å². The van der Waals surface area contributed by atoms with Crippen LogP contribution < -0.4 is 9.64 Å². The van der Waals surface area contributed by atoms with Crippen LogP contribution in [0.5, 0.6) is 5.75 Å². The monoisotopic (exact) mass is 353 g/mol. The Hall–Kier alpha value is -2.18. The van der Waals surface area contributed by atoms with E-state index in [2.05, 4.69) is 20.9 Å². The second-order valence-corrected chi connectivity index (χ2v) is 7.53. The van der Waals surface area contributed by atoms with Gasteiger partial charge in [0.1, 0.15) is 24.5 Å². The lowest BCUT2D eigenvalue weighted by atomic mass is 9.87. The van der Waals surface area contributed by atoms with Crippen molar-refractivity contribution in [1.82, 2.24) is 9.97 Å². The Morgan fingerprint density at radius 2 is 2.00 bits per heavy atom. The molecule has 0 bridgehead atoms. The molecule has 0 saturated carbocycles. The van der Waals surface area contributed by atoms with Crippen LogP contribution in [0.15, 0.2) is 30.6 Å². The molecule has 2 fully saturated rings. The predicted octanol–water partition coefficient (Wildman–Crippen LogP) is 2.08. The summed E-state index contributed by atoms with van der Waals surface area (Å²) in [6, 6.07) is 8.17. The summed E-state index contributed by atoms with van der Waals surface area (Å²) >= 11 is 0. The number of benzene rings is 1. The molecular formula is C20H23N3O3. The lowest BCUT2D eigenvalue weighted by Crippen LogP contribution is -2.45. The van der Waals surface area contributed by atoms with Gasteiger partial charge in [-0.1, -0.05) is 18.2 Å². The summed E-state index contributed by atoms with van der Waals surface area (Å²) in [6.45, 7) is 2.73. The Bertz CT molecular complexity index is 818. The number of hydrogen-bond donors (Lipinski definition) is 1.